The fourth-order valence-corrected chi connectivity index (χ4v) is 1.34. The lowest BCUT2D eigenvalue weighted by atomic mass is 10.0. The average Bonchev–Trinajstić information content (AvgIpc) is 2.84. The van der Waals surface area contributed by atoms with Gasteiger partial charge in [0.05, 0.1) is 12.0 Å². The van der Waals surface area contributed by atoms with Gasteiger partial charge in [-0.25, -0.2) is 0 Å². The molecule has 0 aliphatic heterocycles. The minimum atomic E-state index is -0.659. The van der Waals surface area contributed by atoms with Crippen LogP contribution in [0.2, 0.25) is 0 Å². The lowest BCUT2D eigenvalue weighted by Crippen LogP contribution is -2.21. The van der Waals surface area contributed by atoms with E-state index in [0.717, 1.165) is 19.4 Å². The molecule has 0 radical (unpaired) electrons. The zero-order valence-electron chi connectivity index (χ0n) is 8.95. The third-order valence-electron chi connectivity index (χ3n) is 2.72. The first-order valence-corrected chi connectivity index (χ1v) is 5.03. The predicted molar refractivity (Wildman–Crippen MR) is 53.3 cm³/mol. The molecule has 0 aromatic rings. The fourth-order valence-electron chi connectivity index (χ4n) is 1.34. The Morgan fingerprint density at radius 2 is 2.07 bits per heavy atom. The van der Waals surface area contributed by atoms with Crippen molar-refractivity contribution in [2.75, 3.05) is 33.9 Å². The van der Waals surface area contributed by atoms with Gasteiger partial charge in [-0.1, -0.05) is 0 Å². The van der Waals surface area contributed by atoms with Crippen molar-refractivity contribution < 1.29 is 14.6 Å². The van der Waals surface area contributed by atoms with E-state index in [1.165, 1.54) is 0 Å². The molecule has 0 aromatic heterocycles. The van der Waals surface area contributed by atoms with Crippen LogP contribution in [0.3, 0.4) is 0 Å². The van der Waals surface area contributed by atoms with Crippen molar-refractivity contribution in [2.24, 2.45) is 5.41 Å². The van der Waals surface area contributed by atoms with E-state index in [9.17, 15) is 4.79 Å². The first-order valence-electron chi connectivity index (χ1n) is 5.03. The summed E-state index contributed by atoms with van der Waals surface area (Å²) in [6.45, 7) is 2.14. The molecule has 4 nitrogen and oxygen atoms in total. The van der Waals surface area contributed by atoms with Gasteiger partial charge in [0.25, 0.3) is 0 Å². The molecule has 0 heterocycles. The molecule has 0 saturated heterocycles. The van der Waals surface area contributed by atoms with Crippen molar-refractivity contribution in [3.8, 4) is 0 Å². The van der Waals surface area contributed by atoms with Crippen LogP contribution >= 0.6 is 0 Å². The Kier molecular flexibility index (Phi) is 3.89. The zero-order valence-corrected chi connectivity index (χ0v) is 8.95. The Bertz CT molecular complexity index is 200. The van der Waals surface area contributed by atoms with Gasteiger partial charge in [-0.2, -0.15) is 0 Å². The van der Waals surface area contributed by atoms with Crippen molar-refractivity contribution in [3.05, 3.63) is 0 Å². The maximum Gasteiger partial charge on any atom is 0.309 e. The lowest BCUT2D eigenvalue weighted by Gasteiger charge is -2.12. The highest BCUT2D eigenvalue weighted by Crippen LogP contribution is 2.48. The van der Waals surface area contributed by atoms with Crippen LogP contribution in [-0.2, 0) is 9.53 Å². The van der Waals surface area contributed by atoms with Crippen molar-refractivity contribution >= 4 is 5.97 Å². The SMILES string of the molecule is CN(C)CCOCCC1(C(=O)O)CC1. The number of rotatable bonds is 7. The summed E-state index contributed by atoms with van der Waals surface area (Å²) in [6.07, 6.45) is 2.30. The molecule has 0 amide bonds. The topological polar surface area (TPSA) is 49.8 Å². The number of hydrogen-bond donors (Lipinski definition) is 1. The Labute approximate surface area is 84.8 Å². The quantitative estimate of drug-likeness (QED) is 0.619. The molecule has 0 unspecified atom stereocenters. The Morgan fingerprint density at radius 1 is 1.43 bits per heavy atom. The molecule has 14 heavy (non-hydrogen) atoms. The molecule has 1 aliphatic carbocycles. The summed E-state index contributed by atoms with van der Waals surface area (Å²) in [5.41, 5.74) is -0.432. The highest BCUT2D eigenvalue weighted by atomic mass is 16.5. The van der Waals surface area contributed by atoms with E-state index in [4.69, 9.17) is 9.84 Å². The summed E-state index contributed by atoms with van der Waals surface area (Å²) < 4.78 is 5.37. The molecule has 1 fully saturated rings. The molecule has 1 N–H and O–H groups in total. The standard InChI is InChI=1S/C10H19NO3/c1-11(2)6-8-14-7-5-10(3-4-10)9(12)13/h3-8H2,1-2H3,(H,12,13). The number of hydrogen-bond acceptors (Lipinski definition) is 3. The van der Waals surface area contributed by atoms with Gasteiger partial charge in [0.2, 0.25) is 0 Å². The Balaban J connectivity index is 2.02. The summed E-state index contributed by atoms with van der Waals surface area (Å²) in [5.74, 6) is -0.659. The van der Waals surface area contributed by atoms with Crippen LogP contribution in [0, 0.1) is 5.41 Å². The van der Waals surface area contributed by atoms with Crippen LogP contribution in [0.4, 0.5) is 0 Å². The van der Waals surface area contributed by atoms with E-state index in [-0.39, 0.29) is 0 Å². The number of carboxylic acids is 1. The largest absolute Gasteiger partial charge is 0.481 e. The summed E-state index contributed by atoms with van der Waals surface area (Å²) in [6, 6.07) is 0. The number of ether oxygens (including phenoxy) is 1. The summed E-state index contributed by atoms with van der Waals surface area (Å²) >= 11 is 0. The zero-order chi connectivity index (χ0) is 10.6. The highest BCUT2D eigenvalue weighted by Gasteiger charge is 2.49. The second-order valence-electron chi connectivity index (χ2n) is 4.25. The van der Waals surface area contributed by atoms with Crippen molar-refractivity contribution in [3.63, 3.8) is 0 Å². The van der Waals surface area contributed by atoms with Crippen LogP contribution in [0.1, 0.15) is 19.3 Å². The maximum absolute atomic E-state index is 10.8. The minimum absolute atomic E-state index is 0.432. The van der Waals surface area contributed by atoms with Gasteiger partial charge in [0.15, 0.2) is 0 Å². The molecule has 0 bridgehead atoms. The van der Waals surface area contributed by atoms with Gasteiger partial charge in [0, 0.05) is 13.2 Å². The molecular weight excluding hydrogens is 182 g/mol. The van der Waals surface area contributed by atoms with Gasteiger partial charge in [-0.3, -0.25) is 4.79 Å². The van der Waals surface area contributed by atoms with Crippen LogP contribution in [-0.4, -0.2) is 49.8 Å². The smallest absolute Gasteiger partial charge is 0.309 e. The molecule has 0 atom stereocenters. The molecule has 1 rings (SSSR count). The second kappa shape index (κ2) is 4.75. The second-order valence-corrected chi connectivity index (χ2v) is 4.25. The van der Waals surface area contributed by atoms with Crippen LogP contribution in [0.15, 0.2) is 0 Å². The molecule has 0 aromatic carbocycles. The predicted octanol–water partition coefficient (Wildman–Crippen LogP) is 0.819. The van der Waals surface area contributed by atoms with E-state index >= 15 is 0 Å². The van der Waals surface area contributed by atoms with Gasteiger partial charge in [-0.15, -0.1) is 0 Å². The first-order chi connectivity index (χ1) is 6.57. The maximum atomic E-state index is 10.8. The van der Waals surface area contributed by atoms with Crippen LogP contribution in [0.25, 0.3) is 0 Å². The Hall–Kier alpha value is -0.610. The number of carboxylic acid groups (broad SMARTS) is 1. The van der Waals surface area contributed by atoms with Crippen molar-refractivity contribution in [1.29, 1.82) is 0 Å². The normalized spacial score (nSPS) is 18.5. The van der Waals surface area contributed by atoms with Crippen LogP contribution in [0.5, 0.6) is 0 Å². The Morgan fingerprint density at radius 3 is 2.50 bits per heavy atom. The molecular formula is C10H19NO3. The van der Waals surface area contributed by atoms with Gasteiger partial charge in [0.1, 0.15) is 0 Å². The summed E-state index contributed by atoms with van der Waals surface area (Å²) in [4.78, 5) is 12.8. The molecule has 4 heteroatoms. The lowest BCUT2D eigenvalue weighted by molar-refractivity contribution is -0.144. The highest BCUT2D eigenvalue weighted by molar-refractivity contribution is 5.77. The fraction of sp³-hybridized carbons (Fsp3) is 0.900. The number of nitrogens with zero attached hydrogens (tertiary/aromatic N) is 1. The first kappa shape index (κ1) is 11.5. The van der Waals surface area contributed by atoms with Gasteiger partial charge in [-0.05, 0) is 33.4 Å². The number of carbonyl (C=O) groups is 1. The molecule has 0 spiro atoms. The third kappa shape index (κ3) is 3.27. The van der Waals surface area contributed by atoms with Crippen LogP contribution < -0.4 is 0 Å². The molecule has 1 saturated carbocycles. The third-order valence-corrected chi connectivity index (χ3v) is 2.72. The van der Waals surface area contributed by atoms with Gasteiger partial charge >= 0.3 is 5.97 Å². The average molecular weight is 201 g/mol. The summed E-state index contributed by atoms with van der Waals surface area (Å²) in [7, 11) is 3.98. The number of aliphatic carboxylic acids is 1. The monoisotopic (exact) mass is 201 g/mol. The van der Waals surface area contributed by atoms with Crippen molar-refractivity contribution in [2.45, 2.75) is 19.3 Å². The summed E-state index contributed by atoms with van der Waals surface area (Å²) in [5, 5.41) is 8.88. The minimum Gasteiger partial charge on any atom is -0.481 e. The number of likely N-dealkylation sites (N-methyl/N-ethyl adjacent to an activating group) is 1. The van der Waals surface area contributed by atoms with E-state index < -0.39 is 11.4 Å². The van der Waals surface area contributed by atoms with Crippen molar-refractivity contribution in [1.82, 2.24) is 4.90 Å². The molecule has 82 valence electrons. The molecule has 1 aliphatic rings. The van der Waals surface area contributed by atoms with E-state index in [1.54, 1.807) is 0 Å². The van der Waals surface area contributed by atoms with E-state index in [0.29, 0.717) is 19.6 Å². The van der Waals surface area contributed by atoms with E-state index in [1.807, 2.05) is 19.0 Å². The van der Waals surface area contributed by atoms with E-state index in [2.05, 4.69) is 0 Å². The van der Waals surface area contributed by atoms with Gasteiger partial charge < -0.3 is 14.7 Å².